The van der Waals surface area contributed by atoms with Gasteiger partial charge in [0.25, 0.3) is 0 Å². The minimum atomic E-state index is 0.0783. The maximum absolute atomic E-state index is 12.7. The molecule has 0 spiro atoms. The van der Waals surface area contributed by atoms with Crippen molar-refractivity contribution in [2.24, 2.45) is 0 Å². The van der Waals surface area contributed by atoms with Crippen LogP contribution in [0.25, 0.3) is 0 Å². The van der Waals surface area contributed by atoms with Gasteiger partial charge in [-0.3, -0.25) is 14.6 Å². The molecule has 0 aliphatic carbocycles. The van der Waals surface area contributed by atoms with Crippen LogP contribution in [0.15, 0.2) is 24.5 Å². The lowest BCUT2D eigenvalue weighted by Crippen LogP contribution is -2.42. The van der Waals surface area contributed by atoms with Crippen molar-refractivity contribution in [3.8, 4) is 0 Å². The van der Waals surface area contributed by atoms with Gasteiger partial charge in [0.15, 0.2) is 0 Å². The molecule has 0 unspecified atom stereocenters. The number of hydrogen-bond donors (Lipinski definition) is 0. The van der Waals surface area contributed by atoms with E-state index in [2.05, 4.69) is 4.98 Å². The molecule has 2 aliphatic heterocycles. The lowest BCUT2D eigenvalue weighted by molar-refractivity contribution is -0.140. The molecule has 0 radical (unpaired) electrons. The van der Waals surface area contributed by atoms with Crippen molar-refractivity contribution in [3.63, 3.8) is 0 Å². The monoisotopic (exact) mass is 301 g/mol. The number of hydrogen-bond acceptors (Lipinski definition) is 3. The van der Waals surface area contributed by atoms with Crippen molar-refractivity contribution in [2.45, 2.75) is 44.6 Å². The third-order valence-corrected chi connectivity index (χ3v) is 4.66. The highest BCUT2D eigenvalue weighted by atomic mass is 16.2. The smallest absolute Gasteiger partial charge is 0.242 e. The number of nitrogens with zero attached hydrogens (tertiary/aromatic N) is 3. The molecule has 5 heteroatoms. The Morgan fingerprint density at radius 2 is 1.95 bits per heavy atom. The summed E-state index contributed by atoms with van der Waals surface area (Å²) in [6, 6.07) is 4.10. The van der Waals surface area contributed by atoms with E-state index in [0.29, 0.717) is 6.42 Å². The van der Waals surface area contributed by atoms with Gasteiger partial charge in [-0.15, -0.1) is 0 Å². The van der Waals surface area contributed by atoms with E-state index in [4.69, 9.17) is 0 Å². The number of pyridine rings is 1. The van der Waals surface area contributed by atoms with E-state index in [1.807, 2.05) is 17.0 Å². The highest BCUT2D eigenvalue weighted by molar-refractivity contribution is 5.85. The first-order valence-corrected chi connectivity index (χ1v) is 8.23. The van der Waals surface area contributed by atoms with Crippen molar-refractivity contribution in [2.75, 3.05) is 19.6 Å². The molecule has 2 aliphatic rings. The maximum Gasteiger partial charge on any atom is 0.242 e. The fraction of sp³-hybridized carbons (Fsp3) is 0.588. The first kappa shape index (κ1) is 15.0. The minimum Gasteiger partial charge on any atom is -0.334 e. The third-order valence-electron chi connectivity index (χ3n) is 4.66. The summed E-state index contributed by atoms with van der Waals surface area (Å²) >= 11 is 0. The van der Waals surface area contributed by atoms with Crippen LogP contribution in [0.4, 0.5) is 0 Å². The van der Waals surface area contributed by atoms with Crippen LogP contribution >= 0.6 is 0 Å². The molecule has 3 rings (SSSR count). The van der Waals surface area contributed by atoms with Gasteiger partial charge in [-0.25, -0.2) is 0 Å². The van der Waals surface area contributed by atoms with Crippen LogP contribution < -0.4 is 0 Å². The number of carbonyl (C=O) groups excluding carboxylic acids is 2. The Morgan fingerprint density at radius 3 is 2.77 bits per heavy atom. The van der Waals surface area contributed by atoms with Crippen LogP contribution in [0.3, 0.4) is 0 Å². The van der Waals surface area contributed by atoms with Gasteiger partial charge in [-0.1, -0.05) is 6.42 Å². The van der Waals surface area contributed by atoms with E-state index < -0.39 is 0 Å². The molecule has 5 nitrogen and oxygen atoms in total. The molecule has 3 heterocycles. The first-order valence-electron chi connectivity index (χ1n) is 8.23. The number of likely N-dealkylation sites (tertiary alicyclic amines) is 2. The molecule has 2 fully saturated rings. The molecule has 118 valence electrons. The summed E-state index contributed by atoms with van der Waals surface area (Å²) in [5.74, 6) is 0.208. The number of rotatable bonds is 3. The largest absolute Gasteiger partial charge is 0.334 e. The predicted octanol–water partition coefficient (Wildman–Crippen LogP) is 2.15. The van der Waals surface area contributed by atoms with Gasteiger partial charge in [-0.05, 0) is 43.4 Å². The van der Waals surface area contributed by atoms with E-state index >= 15 is 0 Å². The van der Waals surface area contributed by atoms with E-state index in [9.17, 15) is 9.59 Å². The average molecular weight is 301 g/mol. The van der Waals surface area contributed by atoms with Crippen molar-refractivity contribution < 1.29 is 9.59 Å². The molecule has 0 bridgehead atoms. The summed E-state index contributed by atoms with van der Waals surface area (Å²) in [4.78, 5) is 32.5. The molecule has 2 amide bonds. The molecule has 1 aromatic heterocycles. The van der Waals surface area contributed by atoms with Crippen LogP contribution in [-0.2, 0) is 9.59 Å². The molecule has 1 atom stereocenters. The van der Waals surface area contributed by atoms with Gasteiger partial charge in [0.1, 0.15) is 0 Å². The maximum atomic E-state index is 12.7. The Kier molecular flexibility index (Phi) is 4.71. The van der Waals surface area contributed by atoms with Crippen molar-refractivity contribution >= 4 is 11.8 Å². The van der Waals surface area contributed by atoms with Gasteiger partial charge in [0, 0.05) is 31.9 Å². The predicted molar refractivity (Wildman–Crippen MR) is 83.0 cm³/mol. The zero-order chi connectivity index (χ0) is 15.4. The summed E-state index contributed by atoms with van der Waals surface area (Å²) in [6.45, 7) is 1.74. The summed E-state index contributed by atoms with van der Waals surface area (Å²) in [5.41, 5.74) is 1.14. The van der Waals surface area contributed by atoms with Gasteiger partial charge >= 0.3 is 0 Å². The highest BCUT2D eigenvalue weighted by Gasteiger charge is 2.31. The minimum absolute atomic E-state index is 0.0783. The Labute approximate surface area is 131 Å². The summed E-state index contributed by atoms with van der Waals surface area (Å²) in [5, 5.41) is 0. The summed E-state index contributed by atoms with van der Waals surface area (Å²) in [6.07, 6.45) is 9.18. The zero-order valence-corrected chi connectivity index (χ0v) is 12.9. The fourth-order valence-corrected chi connectivity index (χ4v) is 3.46. The third kappa shape index (κ3) is 3.29. The van der Waals surface area contributed by atoms with Crippen LogP contribution in [0.5, 0.6) is 0 Å². The Balaban J connectivity index is 1.67. The second kappa shape index (κ2) is 6.90. The van der Waals surface area contributed by atoms with Crippen LogP contribution in [-0.4, -0.2) is 46.2 Å². The quantitative estimate of drug-likeness (QED) is 0.859. The fourth-order valence-electron chi connectivity index (χ4n) is 3.46. The van der Waals surface area contributed by atoms with Crippen LogP contribution in [0.2, 0.25) is 0 Å². The van der Waals surface area contributed by atoms with E-state index in [0.717, 1.165) is 50.8 Å². The molecular formula is C17H23N3O2. The summed E-state index contributed by atoms with van der Waals surface area (Å²) < 4.78 is 0. The second-order valence-electron chi connectivity index (χ2n) is 6.15. The van der Waals surface area contributed by atoms with Crippen molar-refractivity contribution in [3.05, 3.63) is 30.1 Å². The van der Waals surface area contributed by atoms with Crippen LogP contribution in [0.1, 0.15) is 50.1 Å². The SMILES string of the molecule is O=C1CCCCCN1CC(=O)N1CCC[C@H]1c1ccncc1. The topological polar surface area (TPSA) is 53.5 Å². The van der Waals surface area contributed by atoms with Gasteiger partial charge in [0.05, 0.1) is 12.6 Å². The number of carbonyl (C=O) groups is 2. The number of amides is 2. The van der Waals surface area contributed by atoms with E-state index in [-0.39, 0.29) is 24.4 Å². The Morgan fingerprint density at radius 1 is 1.14 bits per heavy atom. The van der Waals surface area contributed by atoms with Gasteiger partial charge in [0.2, 0.25) is 11.8 Å². The van der Waals surface area contributed by atoms with E-state index in [1.54, 1.807) is 17.3 Å². The lowest BCUT2D eigenvalue weighted by atomic mass is 10.1. The molecule has 2 saturated heterocycles. The first-order chi connectivity index (χ1) is 10.8. The Bertz CT molecular complexity index is 532. The standard InChI is InChI=1S/C17H23N3O2/c21-16-6-2-1-3-11-19(16)13-17(22)20-12-4-5-15(20)14-7-9-18-10-8-14/h7-10,15H,1-6,11-13H2/t15-/m0/s1. The number of aromatic nitrogens is 1. The van der Waals surface area contributed by atoms with Crippen molar-refractivity contribution in [1.82, 2.24) is 14.8 Å². The molecule has 0 saturated carbocycles. The molecule has 1 aromatic rings. The molecular weight excluding hydrogens is 278 g/mol. The zero-order valence-electron chi connectivity index (χ0n) is 12.9. The molecule has 0 N–H and O–H groups in total. The molecule has 0 aromatic carbocycles. The normalized spacial score (nSPS) is 22.7. The van der Waals surface area contributed by atoms with Gasteiger partial charge < -0.3 is 9.80 Å². The summed E-state index contributed by atoms with van der Waals surface area (Å²) in [7, 11) is 0. The van der Waals surface area contributed by atoms with Crippen molar-refractivity contribution in [1.29, 1.82) is 0 Å². The molecule has 22 heavy (non-hydrogen) atoms. The average Bonchev–Trinajstić information content (AvgIpc) is 2.95. The lowest BCUT2D eigenvalue weighted by Gasteiger charge is -2.28. The van der Waals surface area contributed by atoms with Crippen LogP contribution in [0, 0.1) is 0 Å². The van der Waals surface area contributed by atoms with E-state index in [1.165, 1.54) is 0 Å². The Hall–Kier alpha value is -1.91. The van der Waals surface area contributed by atoms with Gasteiger partial charge in [-0.2, -0.15) is 0 Å². The second-order valence-corrected chi connectivity index (χ2v) is 6.15. The highest BCUT2D eigenvalue weighted by Crippen LogP contribution is 2.31.